The van der Waals surface area contributed by atoms with E-state index in [2.05, 4.69) is 0 Å². The SMILES string of the molecule is NCC(=O)N1CCOCCOCCN(C(=O)CN)COCCOCC1. The Bertz CT molecular complexity index is 351. The number of amides is 2. The third-order valence-corrected chi connectivity index (χ3v) is 3.56. The Balaban J connectivity index is 2.45. The molecule has 1 heterocycles. The Labute approximate surface area is 148 Å². The van der Waals surface area contributed by atoms with Crippen molar-refractivity contribution in [1.82, 2.24) is 9.80 Å². The van der Waals surface area contributed by atoms with Crippen LogP contribution in [0.25, 0.3) is 0 Å². The summed E-state index contributed by atoms with van der Waals surface area (Å²) in [7, 11) is 0. The molecular formula is C15H30N4O6. The summed E-state index contributed by atoms with van der Waals surface area (Å²) < 4.78 is 21.8. The second-order valence-electron chi connectivity index (χ2n) is 5.32. The maximum absolute atomic E-state index is 11.8. The van der Waals surface area contributed by atoms with E-state index in [9.17, 15) is 9.59 Å². The second kappa shape index (κ2) is 13.9. The topological polar surface area (TPSA) is 130 Å². The molecule has 1 saturated heterocycles. The summed E-state index contributed by atoms with van der Waals surface area (Å²) in [6.45, 7) is 3.96. The van der Waals surface area contributed by atoms with Gasteiger partial charge >= 0.3 is 0 Å². The van der Waals surface area contributed by atoms with Gasteiger partial charge in [-0.1, -0.05) is 0 Å². The molecule has 0 aromatic heterocycles. The van der Waals surface area contributed by atoms with Crippen LogP contribution in [0.3, 0.4) is 0 Å². The van der Waals surface area contributed by atoms with Gasteiger partial charge in [0.05, 0.1) is 59.3 Å². The fourth-order valence-electron chi connectivity index (χ4n) is 2.12. The molecule has 10 heteroatoms. The first-order valence-electron chi connectivity index (χ1n) is 8.45. The zero-order chi connectivity index (χ0) is 18.3. The lowest BCUT2D eigenvalue weighted by atomic mass is 10.4. The lowest BCUT2D eigenvalue weighted by molar-refractivity contribution is -0.137. The summed E-state index contributed by atoms with van der Waals surface area (Å²) in [5, 5.41) is 0. The molecule has 0 radical (unpaired) electrons. The minimum atomic E-state index is -0.199. The Hall–Kier alpha value is -1.30. The van der Waals surface area contributed by atoms with Crippen LogP contribution in [0, 0.1) is 0 Å². The van der Waals surface area contributed by atoms with Crippen LogP contribution in [0.2, 0.25) is 0 Å². The van der Waals surface area contributed by atoms with Crippen LogP contribution >= 0.6 is 0 Å². The van der Waals surface area contributed by atoms with Crippen molar-refractivity contribution in [3.63, 3.8) is 0 Å². The average Bonchev–Trinajstić information content (AvgIpc) is 2.64. The van der Waals surface area contributed by atoms with Crippen LogP contribution in [0.1, 0.15) is 0 Å². The number of nitrogens with two attached hydrogens (primary N) is 2. The molecule has 2 amide bonds. The second-order valence-corrected chi connectivity index (χ2v) is 5.32. The van der Waals surface area contributed by atoms with E-state index in [1.54, 1.807) is 4.90 Å². The lowest BCUT2D eigenvalue weighted by Crippen LogP contribution is -2.40. The maximum Gasteiger partial charge on any atom is 0.238 e. The van der Waals surface area contributed by atoms with Crippen molar-refractivity contribution in [2.75, 3.05) is 85.7 Å². The first kappa shape index (κ1) is 21.7. The van der Waals surface area contributed by atoms with Crippen molar-refractivity contribution in [3.05, 3.63) is 0 Å². The minimum absolute atomic E-state index is 0.0444. The van der Waals surface area contributed by atoms with Crippen LogP contribution < -0.4 is 11.5 Å². The summed E-state index contributed by atoms with van der Waals surface area (Å²) in [6.07, 6.45) is 0. The summed E-state index contributed by atoms with van der Waals surface area (Å²) in [6, 6.07) is 0. The number of carbonyl (C=O) groups excluding carboxylic acids is 2. The predicted octanol–water partition coefficient (Wildman–Crippen LogP) is -2.40. The van der Waals surface area contributed by atoms with E-state index >= 15 is 0 Å². The van der Waals surface area contributed by atoms with Gasteiger partial charge in [0, 0.05) is 19.6 Å². The van der Waals surface area contributed by atoms with Crippen LogP contribution in [0.15, 0.2) is 0 Å². The normalized spacial score (nSPS) is 20.1. The van der Waals surface area contributed by atoms with Crippen molar-refractivity contribution in [1.29, 1.82) is 0 Å². The lowest BCUT2D eigenvalue weighted by Gasteiger charge is -2.22. The molecule has 1 aliphatic rings. The molecule has 1 fully saturated rings. The Morgan fingerprint density at radius 2 is 1.04 bits per heavy atom. The minimum Gasteiger partial charge on any atom is -0.377 e. The Morgan fingerprint density at radius 1 is 0.640 bits per heavy atom. The van der Waals surface area contributed by atoms with Crippen LogP contribution in [-0.4, -0.2) is 107 Å². The van der Waals surface area contributed by atoms with Gasteiger partial charge in [-0.25, -0.2) is 0 Å². The number of hydrogen-bond donors (Lipinski definition) is 2. The summed E-state index contributed by atoms with van der Waals surface area (Å²) in [4.78, 5) is 26.6. The quantitative estimate of drug-likeness (QED) is 0.556. The van der Waals surface area contributed by atoms with Crippen LogP contribution in [0.4, 0.5) is 0 Å². The summed E-state index contributed by atoms with van der Waals surface area (Å²) >= 11 is 0. The molecule has 4 N–H and O–H groups in total. The van der Waals surface area contributed by atoms with E-state index in [4.69, 9.17) is 30.4 Å². The molecule has 0 aromatic rings. The molecule has 0 bridgehead atoms. The molecule has 0 aromatic carbocycles. The van der Waals surface area contributed by atoms with E-state index in [0.717, 1.165) is 0 Å². The zero-order valence-electron chi connectivity index (χ0n) is 14.7. The molecule has 1 rings (SSSR count). The van der Waals surface area contributed by atoms with Crippen LogP contribution in [-0.2, 0) is 28.5 Å². The highest BCUT2D eigenvalue weighted by atomic mass is 16.5. The molecular weight excluding hydrogens is 332 g/mol. The van der Waals surface area contributed by atoms with E-state index in [0.29, 0.717) is 65.9 Å². The van der Waals surface area contributed by atoms with Gasteiger partial charge in [0.1, 0.15) is 6.73 Å². The van der Waals surface area contributed by atoms with Crippen molar-refractivity contribution >= 4 is 11.8 Å². The van der Waals surface area contributed by atoms with Gasteiger partial charge in [0.15, 0.2) is 0 Å². The molecule has 1 aliphatic heterocycles. The molecule has 0 saturated carbocycles. The van der Waals surface area contributed by atoms with E-state index in [1.165, 1.54) is 4.90 Å². The fraction of sp³-hybridized carbons (Fsp3) is 0.867. The molecule has 0 spiro atoms. The molecule has 25 heavy (non-hydrogen) atoms. The highest BCUT2D eigenvalue weighted by molar-refractivity contribution is 5.78. The first-order valence-corrected chi connectivity index (χ1v) is 8.45. The number of rotatable bonds is 2. The summed E-state index contributed by atoms with van der Waals surface area (Å²) in [5.41, 5.74) is 10.8. The smallest absolute Gasteiger partial charge is 0.238 e. The number of nitrogens with zero attached hydrogens (tertiary/aromatic N) is 2. The largest absolute Gasteiger partial charge is 0.377 e. The van der Waals surface area contributed by atoms with Gasteiger partial charge in [-0.15, -0.1) is 0 Å². The van der Waals surface area contributed by atoms with E-state index in [-0.39, 0.29) is 31.6 Å². The van der Waals surface area contributed by atoms with Gasteiger partial charge in [-0.3, -0.25) is 9.59 Å². The number of hydrogen-bond acceptors (Lipinski definition) is 8. The standard InChI is InChI=1S/C15H30N4O6/c16-11-14(20)18-1-4-22-7-8-24-6-3-19(15(21)12-17)13-25-10-9-23-5-2-18/h1-13,16-17H2. The molecule has 0 atom stereocenters. The number of carbonyl (C=O) groups is 2. The zero-order valence-corrected chi connectivity index (χ0v) is 14.7. The Morgan fingerprint density at radius 3 is 1.52 bits per heavy atom. The van der Waals surface area contributed by atoms with Gasteiger partial charge in [-0.2, -0.15) is 0 Å². The van der Waals surface area contributed by atoms with Gasteiger partial charge in [-0.05, 0) is 0 Å². The first-order chi connectivity index (χ1) is 12.2. The van der Waals surface area contributed by atoms with Crippen molar-refractivity contribution < 1.29 is 28.5 Å². The molecule has 146 valence electrons. The van der Waals surface area contributed by atoms with E-state index < -0.39 is 0 Å². The summed E-state index contributed by atoms with van der Waals surface area (Å²) in [5.74, 6) is -0.344. The third kappa shape index (κ3) is 9.68. The Kier molecular flexibility index (Phi) is 12.1. The maximum atomic E-state index is 11.8. The molecule has 0 aliphatic carbocycles. The highest BCUT2D eigenvalue weighted by Crippen LogP contribution is 1.95. The monoisotopic (exact) mass is 362 g/mol. The highest BCUT2D eigenvalue weighted by Gasteiger charge is 2.13. The predicted molar refractivity (Wildman–Crippen MR) is 89.7 cm³/mol. The average molecular weight is 362 g/mol. The number of ether oxygens (including phenoxy) is 4. The van der Waals surface area contributed by atoms with Crippen molar-refractivity contribution in [2.45, 2.75) is 0 Å². The van der Waals surface area contributed by atoms with Gasteiger partial charge in [0.25, 0.3) is 0 Å². The van der Waals surface area contributed by atoms with Gasteiger partial charge in [0.2, 0.25) is 11.8 Å². The van der Waals surface area contributed by atoms with Crippen molar-refractivity contribution in [3.8, 4) is 0 Å². The van der Waals surface area contributed by atoms with Crippen LogP contribution in [0.5, 0.6) is 0 Å². The van der Waals surface area contributed by atoms with E-state index in [1.807, 2.05) is 0 Å². The fourth-order valence-corrected chi connectivity index (χ4v) is 2.12. The van der Waals surface area contributed by atoms with Gasteiger partial charge < -0.3 is 40.2 Å². The third-order valence-electron chi connectivity index (χ3n) is 3.56. The molecule has 10 nitrogen and oxygen atoms in total. The molecule has 0 unspecified atom stereocenters. The van der Waals surface area contributed by atoms with Crippen molar-refractivity contribution in [2.24, 2.45) is 11.5 Å².